The smallest absolute Gasteiger partial charge is 0.123 e. The molecule has 0 saturated heterocycles. The third-order valence-corrected chi connectivity index (χ3v) is 3.59. The molecule has 0 saturated carbocycles. The van der Waals surface area contributed by atoms with Crippen LogP contribution in [0.5, 0.6) is 5.75 Å². The van der Waals surface area contributed by atoms with Crippen molar-refractivity contribution in [1.82, 2.24) is 0 Å². The van der Waals surface area contributed by atoms with Gasteiger partial charge < -0.3 is 10.5 Å². The Bertz CT molecular complexity index is 553. The summed E-state index contributed by atoms with van der Waals surface area (Å²) in [6.45, 7) is 3.22. The number of ether oxygens (including phenoxy) is 1. The number of hydrogen-bond donors (Lipinski definition) is 1. The van der Waals surface area contributed by atoms with E-state index in [2.05, 4.69) is 6.92 Å². The molecule has 0 aliphatic heterocycles. The van der Waals surface area contributed by atoms with E-state index < -0.39 is 0 Å². The lowest BCUT2D eigenvalue weighted by molar-refractivity contribution is 0.301. The molecule has 2 aromatic rings. The second-order valence-electron chi connectivity index (χ2n) is 5.29. The quantitative estimate of drug-likeness (QED) is 0.780. The molecule has 1 atom stereocenters. The molecule has 1 unspecified atom stereocenters. The van der Waals surface area contributed by atoms with Crippen molar-refractivity contribution in [2.45, 2.75) is 25.7 Å². The Kier molecular flexibility index (Phi) is 5.76. The third kappa shape index (κ3) is 4.87. The first kappa shape index (κ1) is 15.5. The van der Waals surface area contributed by atoms with Crippen molar-refractivity contribution < 1.29 is 9.13 Å². The van der Waals surface area contributed by atoms with Gasteiger partial charge in [-0.3, -0.25) is 0 Å². The fourth-order valence-electron chi connectivity index (χ4n) is 2.34. The van der Waals surface area contributed by atoms with Gasteiger partial charge in [-0.2, -0.15) is 0 Å². The molecule has 0 aromatic heterocycles. The summed E-state index contributed by atoms with van der Waals surface area (Å²) >= 11 is 0. The third-order valence-electron chi connectivity index (χ3n) is 3.59. The van der Waals surface area contributed by atoms with E-state index in [1.165, 1.54) is 11.6 Å². The van der Waals surface area contributed by atoms with Crippen LogP contribution in [0, 0.1) is 12.7 Å². The number of nitrogens with two attached hydrogens (primary N) is 1. The van der Waals surface area contributed by atoms with Crippen LogP contribution in [-0.2, 0) is 0 Å². The average Bonchev–Trinajstić information content (AvgIpc) is 2.49. The maximum absolute atomic E-state index is 13.2. The van der Waals surface area contributed by atoms with Crippen molar-refractivity contribution in [3.63, 3.8) is 0 Å². The molecule has 2 aromatic carbocycles. The summed E-state index contributed by atoms with van der Waals surface area (Å²) in [7, 11) is 0. The van der Waals surface area contributed by atoms with Gasteiger partial charge >= 0.3 is 0 Å². The zero-order chi connectivity index (χ0) is 15.1. The highest BCUT2D eigenvalue weighted by Gasteiger charge is 2.10. The number of halogens is 1. The number of hydrogen-bond acceptors (Lipinski definition) is 2. The minimum Gasteiger partial charge on any atom is -0.494 e. The first-order chi connectivity index (χ1) is 10.2. The summed E-state index contributed by atoms with van der Waals surface area (Å²) in [5.41, 5.74) is 7.99. The van der Waals surface area contributed by atoms with E-state index in [1.54, 1.807) is 12.1 Å². The first-order valence-corrected chi connectivity index (χ1v) is 7.34. The van der Waals surface area contributed by atoms with Crippen LogP contribution in [0.4, 0.5) is 4.39 Å². The average molecular weight is 287 g/mol. The Morgan fingerprint density at radius 2 is 1.90 bits per heavy atom. The van der Waals surface area contributed by atoms with Gasteiger partial charge in [-0.1, -0.05) is 29.8 Å². The molecule has 2 N–H and O–H groups in total. The molecule has 0 aliphatic carbocycles. The van der Waals surface area contributed by atoms with Crippen molar-refractivity contribution in [1.29, 1.82) is 0 Å². The highest BCUT2D eigenvalue weighted by molar-refractivity contribution is 5.26. The summed E-state index contributed by atoms with van der Waals surface area (Å²) < 4.78 is 18.9. The maximum atomic E-state index is 13.2. The van der Waals surface area contributed by atoms with Crippen molar-refractivity contribution in [2.75, 3.05) is 13.2 Å². The van der Waals surface area contributed by atoms with E-state index in [-0.39, 0.29) is 11.7 Å². The van der Waals surface area contributed by atoms with Crippen LogP contribution in [0.25, 0.3) is 0 Å². The summed E-state index contributed by atoms with van der Waals surface area (Å²) in [4.78, 5) is 0. The molecule has 0 fully saturated rings. The van der Waals surface area contributed by atoms with E-state index in [4.69, 9.17) is 10.5 Å². The molecular weight excluding hydrogens is 265 g/mol. The lowest BCUT2D eigenvalue weighted by atomic mass is 9.94. The van der Waals surface area contributed by atoms with Gasteiger partial charge in [0.05, 0.1) is 6.61 Å². The van der Waals surface area contributed by atoms with Gasteiger partial charge in [0, 0.05) is 0 Å². The van der Waals surface area contributed by atoms with Crippen LogP contribution in [0.1, 0.15) is 29.9 Å². The second-order valence-corrected chi connectivity index (χ2v) is 5.29. The SMILES string of the molecule is Cc1ccc(OCCCC(CN)c2cccc(F)c2)cc1. The van der Waals surface area contributed by atoms with Crippen molar-refractivity contribution in [2.24, 2.45) is 5.73 Å². The number of rotatable bonds is 7. The fraction of sp³-hybridized carbons (Fsp3) is 0.333. The Balaban J connectivity index is 1.80. The molecule has 0 aliphatic rings. The zero-order valence-corrected chi connectivity index (χ0v) is 12.4. The molecule has 2 nitrogen and oxygen atoms in total. The summed E-state index contributed by atoms with van der Waals surface area (Å²) in [5.74, 6) is 0.861. The predicted octanol–water partition coefficient (Wildman–Crippen LogP) is 4.04. The minimum atomic E-state index is -0.207. The Morgan fingerprint density at radius 3 is 2.57 bits per heavy atom. The van der Waals surface area contributed by atoms with Gasteiger partial charge in [0.15, 0.2) is 0 Å². The molecule has 2 rings (SSSR count). The van der Waals surface area contributed by atoms with Crippen molar-refractivity contribution in [3.8, 4) is 5.75 Å². The molecule has 3 heteroatoms. The molecule has 0 spiro atoms. The van der Waals surface area contributed by atoms with Gasteiger partial charge in [-0.05, 0) is 62.1 Å². The fourth-order valence-corrected chi connectivity index (χ4v) is 2.34. The largest absolute Gasteiger partial charge is 0.494 e. The van der Waals surface area contributed by atoms with Gasteiger partial charge in [0.2, 0.25) is 0 Å². The molecule has 112 valence electrons. The maximum Gasteiger partial charge on any atom is 0.123 e. The number of benzene rings is 2. The van der Waals surface area contributed by atoms with Crippen LogP contribution < -0.4 is 10.5 Å². The Hall–Kier alpha value is -1.87. The summed E-state index contributed by atoms with van der Waals surface area (Å²) in [6, 6.07) is 14.7. The van der Waals surface area contributed by atoms with Crippen molar-refractivity contribution in [3.05, 3.63) is 65.5 Å². The topological polar surface area (TPSA) is 35.2 Å². The minimum absolute atomic E-state index is 0.183. The Labute approximate surface area is 125 Å². The highest BCUT2D eigenvalue weighted by Crippen LogP contribution is 2.21. The standard InChI is InChI=1S/C18H22FNO/c1-14-7-9-18(10-8-14)21-11-3-5-16(13-20)15-4-2-6-17(19)12-15/h2,4,6-10,12,16H,3,5,11,13,20H2,1H3. The van der Waals surface area contributed by atoms with Gasteiger partial charge in [0.1, 0.15) is 11.6 Å². The zero-order valence-electron chi connectivity index (χ0n) is 12.4. The van der Waals surface area contributed by atoms with Gasteiger partial charge in [0.25, 0.3) is 0 Å². The van der Waals surface area contributed by atoms with Crippen LogP contribution in [-0.4, -0.2) is 13.2 Å². The molecule has 0 amide bonds. The Morgan fingerprint density at radius 1 is 1.14 bits per heavy atom. The van der Waals surface area contributed by atoms with Crippen LogP contribution in [0.15, 0.2) is 48.5 Å². The van der Waals surface area contributed by atoms with E-state index in [9.17, 15) is 4.39 Å². The lowest BCUT2D eigenvalue weighted by Crippen LogP contribution is -2.14. The number of aryl methyl sites for hydroxylation is 1. The predicted molar refractivity (Wildman–Crippen MR) is 84.1 cm³/mol. The van der Waals surface area contributed by atoms with Crippen molar-refractivity contribution >= 4 is 0 Å². The van der Waals surface area contributed by atoms with Crippen LogP contribution in [0.3, 0.4) is 0 Å². The van der Waals surface area contributed by atoms with Gasteiger partial charge in [-0.25, -0.2) is 4.39 Å². The highest BCUT2D eigenvalue weighted by atomic mass is 19.1. The second kappa shape index (κ2) is 7.79. The normalized spacial score (nSPS) is 12.1. The monoisotopic (exact) mass is 287 g/mol. The van der Waals surface area contributed by atoms with E-state index in [0.717, 1.165) is 24.2 Å². The van der Waals surface area contributed by atoms with Crippen LogP contribution in [0.2, 0.25) is 0 Å². The van der Waals surface area contributed by atoms with E-state index in [1.807, 2.05) is 30.3 Å². The molecule has 0 bridgehead atoms. The molecule has 0 heterocycles. The molecule has 0 radical (unpaired) electrons. The van der Waals surface area contributed by atoms with E-state index >= 15 is 0 Å². The molecular formula is C18H22FNO. The lowest BCUT2D eigenvalue weighted by Gasteiger charge is -2.15. The summed E-state index contributed by atoms with van der Waals surface area (Å²) in [6.07, 6.45) is 1.79. The van der Waals surface area contributed by atoms with E-state index in [0.29, 0.717) is 13.2 Å². The van der Waals surface area contributed by atoms with Crippen LogP contribution >= 0.6 is 0 Å². The summed E-state index contributed by atoms with van der Waals surface area (Å²) in [5, 5.41) is 0. The first-order valence-electron chi connectivity index (χ1n) is 7.34. The van der Waals surface area contributed by atoms with Gasteiger partial charge in [-0.15, -0.1) is 0 Å². The molecule has 21 heavy (non-hydrogen) atoms.